The monoisotopic (exact) mass is 167 g/mol. The summed E-state index contributed by atoms with van der Waals surface area (Å²) in [6.07, 6.45) is 0. The third kappa shape index (κ3) is 1.64. The van der Waals surface area contributed by atoms with E-state index in [9.17, 15) is 4.39 Å². The van der Waals surface area contributed by atoms with Crippen molar-refractivity contribution in [2.24, 2.45) is 5.73 Å². The highest BCUT2D eigenvalue weighted by Gasteiger charge is 2.29. The van der Waals surface area contributed by atoms with E-state index in [1.807, 2.05) is 18.2 Å². The molecule has 1 aromatic carbocycles. The highest BCUT2D eigenvalue weighted by molar-refractivity contribution is 5.23. The van der Waals surface area contributed by atoms with Gasteiger partial charge in [0.15, 0.2) is 0 Å². The van der Waals surface area contributed by atoms with Crippen LogP contribution in [0.3, 0.4) is 0 Å². The van der Waals surface area contributed by atoms with Crippen LogP contribution in [0.15, 0.2) is 30.3 Å². The van der Waals surface area contributed by atoms with Crippen molar-refractivity contribution in [1.29, 1.82) is 0 Å². The third-order valence-electron chi connectivity index (χ3n) is 2.19. The van der Waals surface area contributed by atoms with E-state index in [1.54, 1.807) is 19.1 Å². The van der Waals surface area contributed by atoms with Crippen molar-refractivity contribution in [3.63, 3.8) is 0 Å². The van der Waals surface area contributed by atoms with Crippen molar-refractivity contribution in [1.82, 2.24) is 0 Å². The first-order valence-corrected chi connectivity index (χ1v) is 4.05. The maximum Gasteiger partial charge on any atom is 0.147 e. The van der Waals surface area contributed by atoms with E-state index in [1.165, 1.54) is 6.92 Å². The zero-order valence-electron chi connectivity index (χ0n) is 7.42. The van der Waals surface area contributed by atoms with Gasteiger partial charge in [0, 0.05) is 6.04 Å². The minimum atomic E-state index is -1.43. The number of hydrogen-bond acceptors (Lipinski definition) is 1. The fourth-order valence-corrected chi connectivity index (χ4v) is 1.03. The average molecular weight is 167 g/mol. The van der Waals surface area contributed by atoms with Gasteiger partial charge in [0.2, 0.25) is 0 Å². The van der Waals surface area contributed by atoms with Crippen LogP contribution >= 0.6 is 0 Å². The molecule has 12 heavy (non-hydrogen) atoms. The first-order valence-electron chi connectivity index (χ1n) is 4.05. The fourth-order valence-electron chi connectivity index (χ4n) is 1.03. The molecule has 0 spiro atoms. The van der Waals surface area contributed by atoms with Gasteiger partial charge < -0.3 is 5.73 Å². The van der Waals surface area contributed by atoms with Crippen molar-refractivity contribution >= 4 is 0 Å². The van der Waals surface area contributed by atoms with Gasteiger partial charge in [-0.05, 0) is 19.4 Å². The minimum Gasteiger partial charge on any atom is -0.325 e. The van der Waals surface area contributed by atoms with Crippen LogP contribution < -0.4 is 5.73 Å². The zero-order valence-corrected chi connectivity index (χ0v) is 7.42. The maximum absolute atomic E-state index is 13.8. The molecule has 1 nitrogen and oxygen atoms in total. The van der Waals surface area contributed by atoms with Crippen LogP contribution in [-0.2, 0) is 5.67 Å². The molecule has 1 rings (SSSR count). The Bertz CT molecular complexity index is 241. The van der Waals surface area contributed by atoms with Gasteiger partial charge in [0.25, 0.3) is 0 Å². The molecule has 0 saturated carbocycles. The summed E-state index contributed by atoms with van der Waals surface area (Å²) < 4.78 is 13.8. The Balaban J connectivity index is 2.98. The van der Waals surface area contributed by atoms with E-state index in [0.717, 1.165) is 0 Å². The second-order valence-corrected chi connectivity index (χ2v) is 3.23. The topological polar surface area (TPSA) is 26.0 Å². The summed E-state index contributed by atoms with van der Waals surface area (Å²) in [4.78, 5) is 0. The number of benzene rings is 1. The summed E-state index contributed by atoms with van der Waals surface area (Å²) in [5.74, 6) is 0. The molecule has 0 aromatic heterocycles. The van der Waals surface area contributed by atoms with Crippen LogP contribution in [0.2, 0.25) is 0 Å². The Kier molecular flexibility index (Phi) is 2.48. The summed E-state index contributed by atoms with van der Waals surface area (Å²) in [5, 5.41) is 0. The van der Waals surface area contributed by atoms with Crippen molar-refractivity contribution in [2.75, 3.05) is 0 Å². The van der Waals surface area contributed by atoms with E-state index in [0.29, 0.717) is 5.56 Å². The van der Waals surface area contributed by atoms with Crippen molar-refractivity contribution in [3.05, 3.63) is 35.9 Å². The number of halogens is 1. The Labute approximate surface area is 72.4 Å². The van der Waals surface area contributed by atoms with Crippen LogP contribution in [0, 0.1) is 0 Å². The van der Waals surface area contributed by atoms with Crippen LogP contribution in [0.5, 0.6) is 0 Å². The van der Waals surface area contributed by atoms with Gasteiger partial charge in [-0.15, -0.1) is 0 Å². The van der Waals surface area contributed by atoms with Gasteiger partial charge in [-0.25, -0.2) is 4.39 Å². The van der Waals surface area contributed by atoms with Gasteiger partial charge in [0.1, 0.15) is 5.67 Å². The zero-order chi connectivity index (χ0) is 9.19. The van der Waals surface area contributed by atoms with Crippen molar-refractivity contribution in [2.45, 2.75) is 25.6 Å². The Morgan fingerprint density at radius 1 is 1.33 bits per heavy atom. The van der Waals surface area contributed by atoms with Crippen LogP contribution in [0.1, 0.15) is 19.4 Å². The fraction of sp³-hybridized carbons (Fsp3) is 0.400. The highest BCUT2D eigenvalue weighted by atomic mass is 19.1. The molecule has 2 heteroatoms. The van der Waals surface area contributed by atoms with Gasteiger partial charge >= 0.3 is 0 Å². The van der Waals surface area contributed by atoms with Crippen LogP contribution in [-0.4, -0.2) is 6.04 Å². The molecule has 0 aliphatic heterocycles. The molecular formula is C10H14FN. The molecule has 0 aliphatic carbocycles. The summed E-state index contributed by atoms with van der Waals surface area (Å²) in [6, 6.07) is 8.51. The molecule has 0 bridgehead atoms. The predicted molar refractivity (Wildman–Crippen MR) is 48.6 cm³/mol. The summed E-state index contributed by atoms with van der Waals surface area (Å²) in [7, 11) is 0. The largest absolute Gasteiger partial charge is 0.325 e. The number of alkyl halides is 1. The Morgan fingerprint density at radius 3 is 2.25 bits per heavy atom. The molecule has 0 amide bonds. The molecule has 0 heterocycles. The number of hydrogen-bond donors (Lipinski definition) is 1. The lowest BCUT2D eigenvalue weighted by molar-refractivity contribution is 0.158. The summed E-state index contributed by atoms with van der Waals surface area (Å²) >= 11 is 0. The molecule has 0 radical (unpaired) electrons. The standard InChI is InChI=1S/C10H14FN/c1-8(12)10(2,11)9-6-4-3-5-7-9/h3-8H,12H2,1-2H3/t8-,10-/m0/s1. The first-order chi connectivity index (χ1) is 5.55. The number of nitrogens with two attached hydrogens (primary N) is 1. The SMILES string of the molecule is C[C@H](N)[C@](C)(F)c1ccccc1. The lowest BCUT2D eigenvalue weighted by Crippen LogP contribution is -2.36. The highest BCUT2D eigenvalue weighted by Crippen LogP contribution is 2.27. The Morgan fingerprint density at radius 2 is 1.83 bits per heavy atom. The molecule has 2 N–H and O–H groups in total. The van der Waals surface area contributed by atoms with E-state index in [4.69, 9.17) is 5.73 Å². The predicted octanol–water partition coefficient (Wildman–Crippen LogP) is 2.22. The lowest BCUT2D eigenvalue weighted by Gasteiger charge is -2.24. The Hall–Kier alpha value is -0.890. The number of rotatable bonds is 2. The summed E-state index contributed by atoms with van der Waals surface area (Å²) in [6.45, 7) is 3.18. The maximum atomic E-state index is 13.8. The van der Waals surface area contributed by atoms with Gasteiger partial charge in [-0.3, -0.25) is 0 Å². The van der Waals surface area contributed by atoms with Gasteiger partial charge in [-0.1, -0.05) is 30.3 Å². The van der Waals surface area contributed by atoms with E-state index in [-0.39, 0.29) is 0 Å². The van der Waals surface area contributed by atoms with E-state index >= 15 is 0 Å². The molecule has 0 aliphatic rings. The third-order valence-corrected chi connectivity index (χ3v) is 2.19. The van der Waals surface area contributed by atoms with E-state index < -0.39 is 11.7 Å². The smallest absolute Gasteiger partial charge is 0.147 e. The minimum absolute atomic E-state index is 0.486. The molecule has 0 saturated heterocycles. The molecule has 66 valence electrons. The van der Waals surface area contributed by atoms with Crippen molar-refractivity contribution in [3.8, 4) is 0 Å². The molecule has 0 fully saturated rings. The second kappa shape index (κ2) is 3.23. The van der Waals surface area contributed by atoms with Crippen molar-refractivity contribution < 1.29 is 4.39 Å². The van der Waals surface area contributed by atoms with Gasteiger partial charge in [0.05, 0.1) is 0 Å². The molecule has 0 unspecified atom stereocenters. The first kappa shape index (κ1) is 9.20. The summed E-state index contributed by atoms with van der Waals surface area (Å²) in [5.41, 5.74) is 4.74. The second-order valence-electron chi connectivity index (χ2n) is 3.23. The molecule has 1 aromatic rings. The lowest BCUT2D eigenvalue weighted by atomic mass is 9.92. The van der Waals surface area contributed by atoms with Crippen LogP contribution in [0.25, 0.3) is 0 Å². The average Bonchev–Trinajstić information content (AvgIpc) is 2.06. The van der Waals surface area contributed by atoms with Gasteiger partial charge in [-0.2, -0.15) is 0 Å². The molecule has 2 atom stereocenters. The van der Waals surface area contributed by atoms with Crippen LogP contribution in [0.4, 0.5) is 4.39 Å². The quantitative estimate of drug-likeness (QED) is 0.718. The van der Waals surface area contributed by atoms with E-state index in [2.05, 4.69) is 0 Å². The molecular weight excluding hydrogens is 153 g/mol. The normalized spacial score (nSPS) is 18.3.